The first kappa shape index (κ1) is 17.3. The van der Waals surface area contributed by atoms with Crippen LogP contribution in [0.4, 0.5) is 0 Å². The number of nitrogens with zero attached hydrogens (tertiary/aromatic N) is 4. The van der Waals surface area contributed by atoms with E-state index in [1.165, 1.54) is 43.8 Å². The highest BCUT2D eigenvalue weighted by molar-refractivity contribution is 7.89. The van der Waals surface area contributed by atoms with Crippen LogP contribution in [-0.2, 0) is 24.3 Å². The number of rotatable bonds is 7. The third-order valence-electron chi connectivity index (χ3n) is 2.38. The minimum atomic E-state index is -4.16. The fourth-order valence-corrected chi connectivity index (χ4v) is 3.41. The van der Waals surface area contributed by atoms with Gasteiger partial charge in [-0.25, -0.2) is 33.1 Å². The van der Waals surface area contributed by atoms with Gasteiger partial charge in [-0.3, -0.25) is 4.18 Å². The van der Waals surface area contributed by atoms with Crippen LogP contribution in [-0.4, -0.2) is 49.4 Å². The van der Waals surface area contributed by atoms with Gasteiger partial charge in [-0.05, 0) is 19.1 Å². The molecule has 0 aliphatic heterocycles. The third kappa shape index (κ3) is 4.72. The van der Waals surface area contributed by atoms with Gasteiger partial charge in [0, 0.05) is 30.8 Å². The van der Waals surface area contributed by atoms with Crippen molar-refractivity contribution in [3.05, 3.63) is 36.9 Å². The predicted octanol–water partition coefficient (Wildman–Crippen LogP) is -0.661. The summed E-state index contributed by atoms with van der Waals surface area (Å²) in [5.74, 6) is 0. The molecule has 0 spiro atoms. The molecule has 0 aliphatic carbocycles. The van der Waals surface area contributed by atoms with Crippen LogP contribution in [0.15, 0.2) is 47.2 Å². The topological polar surface area (TPSA) is 141 Å². The van der Waals surface area contributed by atoms with E-state index in [4.69, 9.17) is 4.18 Å². The average Bonchev–Trinajstić information content (AvgIpc) is 2.54. The Bertz CT molecular complexity index is 843. The molecule has 0 unspecified atom stereocenters. The van der Waals surface area contributed by atoms with Crippen LogP contribution in [0.2, 0.25) is 0 Å². The van der Waals surface area contributed by atoms with Crippen LogP contribution in [0.5, 0.6) is 0 Å². The second-order valence-electron chi connectivity index (χ2n) is 4.32. The summed E-state index contributed by atoms with van der Waals surface area (Å²) in [7, 11) is -8.13. The summed E-state index contributed by atoms with van der Waals surface area (Å²) < 4.78 is 54.5. The summed E-state index contributed by atoms with van der Waals surface area (Å²) in [5, 5.41) is -0.914. The molecule has 2 aromatic heterocycles. The molecule has 2 aromatic rings. The van der Waals surface area contributed by atoms with E-state index < -0.39 is 43.1 Å². The summed E-state index contributed by atoms with van der Waals surface area (Å²) in [5.41, 5.74) is 0. The summed E-state index contributed by atoms with van der Waals surface area (Å²) in [6, 6.07) is 2.08. The van der Waals surface area contributed by atoms with E-state index in [0.29, 0.717) is 0 Å². The standard InChI is InChI=1S/C11H13N5O5S2/c1-9(16-22(17,18)10-12-4-2-5-13-10)8-21-23(19,20)11-14-6-3-7-15-11/h2-7,9,16H,8H2,1H3/t9-/m1/s1. The van der Waals surface area contributed by atoms with E-state index in [-0.39, 0.29) is 0 Å². The Kier molecular flexibility index (Phi) is 5.30. The summed E-state index contributed by atoms with van der Waals surface area (Å²) in [4.78, 5) is 14.4. The minimum absolute atomic E-state index is 0.416. The van der Waals surface area contributed by atoms with Gasteiger partial charge in [0.05, 0.1) is 6.61 Å². The van der Waals surface area contributed by atoms with Gasteiger partial charge in [0.2, 0.25) is 0 Å². The maximum atomic E-state index is 12.0. The fraction of sp³-hybridized carbons (Fsp3) is 0.273. The Labute approximate surface area is 133 Å². The fourth-order valence-electron chi connectivity index (χ4n) is 1.43. The van der Waals surface area contributed by atoms with Crippen LogP contribution in [0.1, 0.15) is 6.92 Å². The average molecular weight is 359 g/mol. The lowest BCUT2D eigenvalue weighted by atomic mass is 10.4. The van der Waals surface area contributed by atoms with E-state index in [1.807, 2.05) is 0 Å². The highest BCUT2D eigenvalue weighted by Crippen LogP contribution is 2.06. The maximum absolute atomic E-state index is 12.0. The van der Waals surface area contributed by atoms with E-state index in [2.05, 4.69) is 24.7 Å². The van der Waals surface area contributed by atoms with Crippen molar-refractivity contribution in [1.82, 2.24) is 24.7 Å². The van der Waals surface area contributed by atoms with Crippen LogP contribution < -0.4 is 4.72 Å². The van der Waals surface area contributed by atoms with Crippen molar-refractivity contribution >= 4 is 20.1 Å². The number of hydrogen-bond acceptors (Lipinski definition) is 9. The molecule has 1 atom stereocenters. The molecule has 2 rings (SSSR count). The first-order valence-corrected chi connectivity index (χ1v) is 9.16. The van der Waals surface area contributed by atoms with Gasteiger partial charge in [-0.1, -0.05) is 0 Å². The van der Waals surface area contributed by atoms with Gasteiger partial charge in [0.15, 0.2) is 0 Å². The zero-order valence-corrected chi connectivity index (χ0v) is 13.5. The Balaban J connectivity index is 1.99. The van der Waals surface area contributed by atoms with Gasteiger partial charge >= 0.3 is 10.1 Å². The lowest BCUT2D eigenvalue weighted by Crippen LogP contribution is -2.37. The molecule has 0 aromatic carbocycles. The quantitative estimate of drug-likeness (QED) is 0.503. The Morgan fingerprint density at radius 2 is 1.43 bits per heavy atom. The molecule has 0 fully saturated rings. The van der Waals surface area contributed by atoms with E-state index in [9.17, 15) is 16.8 Å². The number of aromatic nitrogens is 4. The normalized spacial score (nSPS) is 13.6. The SMILES string of the molecule is C[C@H](COS(=O)(=O)c1ncccn1)NS(=O)(=O)c1ncccn1. The van der Waals surface area contributed by atoms with Crippen LogP contribution >= 0.6 is 0 Å². The summed E-state index contributed by atoms with van der Waals surface area (Å²) in [6.07, 6.45) is 5.06. The van der Waals surface area contributed by atoms with Crippen LogP contribution in [0, 0.1) is 0 Å². The highest BCUT2D eigenvalue weighted by atomic mass is 32.2. The number of nitrogens with one attached hydrogen (secondary N) is 1. The molecule has 0 radical (unpaired) electrons. The molecule has 0 aliphatic rings. The third-order valence-corrected chi connectivity index (χ3v) is 4.89. The van der Waals surface area contributed by atoms with Crippen LogP contribution in [0.25, 0.3) is 0 Å². The molecule has 0 bridgehead atoms. The van der Waals surface area contributed by atoms with E-state index in [1.54, 1.807) is 0 Å². The first-order chi connectivity index (χ1) is 10.8. The van der Waals surface area contributed by atoms with Crippen molar-refractivity contribution in [2.24, 2.45) is 0 Å². The Hall–Kier alpha value is -2.02. The molecule has 124 valence electrons. The van der Waals surface area contributed by atoms with Gasteiger partial charge in [0.1, 0.15) is 0 Å². The van der Waals surface area contributed by atoms with E-state index >= 15 is 0 Å². The zero-order valence-electron chi connectivity index (χ0n) is 11.9. The Morgan fingerprint density at radius 3 is 1.96 bits per heavy atom. The first-order valence-electron chi connectivity index (χ1n) is 6.27. The Morgan fingerprint density at radius 1 is 0.957 bits per heavy atom. The van der Waals surface area contributed by atoms with Gasteiger partial charge in [-0.15, -0.1) is 0 Å². The summed E-state index contributed by atoms with van der Waals surface area (Å²) in [6.45, 7) is 0.995. The van der Waals surface area contributed by atoms with E-state index in [0.717, 1.165) is 0 Å². The molecular formula is C11H13N5O5S2. The number of hydrogen-bond donors (Lipinski definition) is 1. The van der Waals surface area contributed by atoms with Gasteiger partial charge < -0.3 is 0 Å². The lowest BCUT2D eigenvalue weighted by molar-refractivity contribution is 0.287. The molecule has 0 amide bonds. The van der Waals surface area contributed by atoms with Crippen molar-refractivity contribution in [2.45, 2.75) is 23.3 Å². The van der Waals surface area contributed by atoms with Crippen molar-refractivity contribution in [3.8, 4) is 0 Å². The van der Waals surface area contributed by atoms with Gasteiger partial charge in [-0.2, -0.15) is 8.42 Å². The molecule has 2 heterocycles. The second kappa shape index (κ2) is 7.04. The largest absolute Gasteiger partial charge is 0.333 e. The van der Waals surface area contributed by atoms with Crippen molar-refractivity contribution in [3.63, 3.8) is 0 Å². The molecule has 10 nitrogen and oxygen atoms in total. The van der Waals surface area contributed by atoms with Crippen molar-refractivity contribution in [1.29, 1.82) is 0 Å². The van der Waals surface area contributed by atoms with Crippen molar-refractivity contribution < 1.29 is 21.0 Å². The lowest BCUT2D eigenvalue weighted by Gasteiger charge is -2.13. The zero-order chi connectivity index (χ0) is 16.9. The molecule has 23 heavy (non-hydrogen) atoms. The van der Waals surface area contributed by atoms with Crippen LogP contribution in [0.3, 0.4) is 0 Å². The second-order valence-corrected chi connectivity index (χ2v) is 7.44. The molecule has 12 heteroatoms. The molecular weight excluding hydrogens is 346 g/mol. The van der Waals surface area contributed by atoms with Gasteiger partial charge in [0.25, 0.3) is 20.3 Å². The predicted molar refractivity (Wildman–Crippen MR) is 77.0 cm³/mol. The molecule has 1 N–H and O–H groups in total. The summed E-state index contributed by atoms with van der Waals surface area (Å²) >= 11 is 0. The smallest absolute Gasteiger partial charge is 0.262 e. The van der Waals surface area contributed by atoms with Crippen molar-refractivity contribution in [2.75, 3.05) is 6.61 Å². The highest BCUT2D eigenvalue weighted by Gasteiger charge is 2.23. The minimum Gasteiger partial charge on any atom is -0.262 e. The maximum Gasteiger partial charge on any atom is 0.333 e. The number of sulfonamides is 1. The monoisotopic (exact) mass is 359 g/mol. The molecule has 0 saturated heterocycles. The molecule has 0 saturated carbocycles.